The Bertz CT molecular complexity index is 496. The van der Waals surface area contributed by atoms with Gasteiger partial charge in [-0.1, -0.05) is 19.3 Å². The van der Waals surface area contributed by atoms with E-state index >= 15 is 0 Å². The first-order valence-electron chi connectivity index (χ1n) is 8.87. The molecule has 2 aliphatic rings. The number of aromatic nitrogens is 1. The molecule has 1 aliphatic heterocycles. The second kappa shape index (κ2) is 7.32. The Morgan fingerprint density at radius 3 is 2.86 bits per heavy atom. The normalized spacial score (nSPS) is 28.0. The molecule has 1 aliphatic carbocycles. The van der Waals surface area contributed by atoms with E-state index in [1.165, 1.54) is 37.8 Å². The minimum Gasteiger partial charge on any atom is -0.356 e. The highest BCUT2D eigenvalue weighted by Gasteiger charge is 2.36. The summed E-state index contributed by atoms with van der Waals surface area (Å²) in [5.74, 6) is 0.486. The average Bonchev–Trinajstić information content (AvgIpc) is 3.13. The van der Waals surface area contributed by atoms with Crippen LogP contribution in [-0.4, -0.2) is 34.5 Å². The maximum absolute atomic E-state index is 12.5. The van der Waals surface area contributed by atoms with E-state index in [0.717, 1.165) is 32.5 Å². The number of nitrogens with zero attached hydrogens (tertiary/aromatic N) is 2. The molecule has 2 heterocycles. The third kappa shape index (κ3) is 3.54. The summed E-state index contributed by atoms with van der Waals surface area (Å²) in [6.45, 7) is 2.96. The average molecular weight is 303 g/mol. The summed E-state index contributed by atoms with van der Waals surface area (Å²) in [5.41, 5.74) is 1.35. The highest BCUT2D eigenvalue weighted by atomic mass is 16.1. The number of aryl methyl sites for hydroxylation is 1. The van der Waals surface area contributed by atoms with E-state index in [0.29, 0.717) is 11.9 Å². The van der Waals surface area contributed by atoms with Gasteiger partial charge in [0.1, 0.15) is 0 Å². The van der Waals surface area contributed by atoms with Crippen LogP contribution in [0.1, 0.15) is 50.6 Å². The molecule has 1 saturated carbocycles. The second-order valence-corrected chi connectivity index (χ2v) is 6.89. The maximum Gasteiger partial charge on any atom is 0.224 e. The van der Waals surface area contributed by atoms with Crippen molar-refractivity contribution < 1.29 is 4.79 Å². The number of nitrogens with one attached hydrogen (secondary N) is 1. The minimum atomic E-state index is 0.193. The van der Waals surface area contributed by atoms with E-state index in [2.05, 4.69) is 40.2 Å². The molecule has 2 fully saturated rings. The summed E-state index contributed by atoms with van der Waals surface area (Å²) in [4.78, 5) is 15.1. The fourth-order valence-electron chi connectivity index (χ4n) is 4.05. The summed E-state index contributed by atoms with van der Waals surface area (Å²) in [7, 11) is 2.11. The highest BCUT2D eigenvalue weighted by Crippen LogP contribution is 2.32. The number of hydrogen-bond donors (Lipinski definition) is 1. The topological polar surface area (TPSA) is 37.3 Å². The van der Waals surface area contributed by atoms with Gasteiger partial charge in [0, 0.05) is 38.1 Å². The lowest BCUT2D eigenvalue weighted by Gasteiger charge is -2.32. The monoisotopic (exact) mass is 303 g/mol. The first-order chi connectivity index (χ1) is 10.8. The van der Waals surface area contributed by atoms with Gasteiger partial charge in [0.25, 0.3) is 0 Å². The van der Waals surface area contributed by atoms with E-state index in [1.54, 1.807) is 0 Å². The number of carbonyl (C=O) groups excluding carboxylic acids is 1. The Labute approximate surface area is 133 Å². The third-order valence-corrected chi connectivity index (χ3v) is 5.37. The Hall–Kier alpha value is -1.29. The lowest BCUT2D eigenvalue weighted by molar-refractivity contribution is -0.126. The molecule has 0 bridgehead atoms. The first kappa shape index (κ1) is 15.6. The number of carbonyl (C=O) groups is 1. The van der Waals surface area contributed by atoms with Gasteiger partial charge in [0.2, 0.25) is 5.91 Å². The minimum absolute atomic E-state index is 0.193. The molecular weight excluding hydrogens is 274 g/mol. The summed E-state index contributed by atoms with van der Waals surface area (Å²) in [6, 6.07) is 4.74. The van der Waals surface area contributed by atoms with E-state index in [1.807, 2.05) is 0 Å². The van der Waals surface area contributed by atoms with Gasteiger partial charge < -0.3 is 9.88 Å². The van der Waals surface area contributed by atoms with Crippen molar-refractivity contribution in [2.24, 2.45) is 13.0 Å². The van der Waals surface area contributed by atoms with Gasteiger partial charge in [-0.15, -0.1) is 0 Å². The molecule has 1 N–H and O–H groups in total. The molecule has 4 nitrogen and oxygen atoms in total. The van der Waals surface area contributed by atoms with Crippen LogP contribution in [0.2, 0.25) is 0 Å². The smallest absolute Gasteiger partial charge is 0.224 e. The molecule has 2 atom stereocenters. The van der Waals surface area contributed by atoms with Crippen molar-refractivity contribution in [2.45, 2.75) is 57.5 Å². The number of hydrogen-bond acceptors (Lipinski definition) is 2. The van der Waals surface area contributed by atoms with Crippen LogP contribution in [-0.2, 0) is 18.4 Å². The van der Waals surface area contributed by atoms with E-state index in [-0.39, 0.29) is 5.92 Å². The van der Waals surface area contributed by atoms with Crippen molar-refractivity contribution in [3.8, 4) is 0 Å². The van der Waals surface area contributed by atoms with Crippen molar-refractivity contribution in [3.05, 3.63) is 24.0 Å². The number of fused-ring (bicyclic) bond motifs is 1. The molecular formula is C18H29N3O. The lowest BCUT2D eigenvalue weighted by atomic mass is 10.0. The van der Waals surface area contributed by atoms with Crippen LogP contribution < -0.4 is 5.32 Å². The van der Waals surface area contributed by atoms with Crippen LogP contribution in [0.5, 0.6) is 0 Å². The zero-order valence-electron chi connectivity index (χ0n) is 13.8. The van der Waals surface area contributed by atoms with Crippen molar-refractivity contribution in [1.82, 2.24) is 14.8 Å². The van der Waals surface area contributed by atoms with Crippen LogP contribution in [0.4, 0.5) is 0 Å². The van der Waals surface area contributed by atoms with Crippen molar-refractivity contribution in [2.75, 3.05) is 13.1 Å². The molecule has 1 saturated heterocycles. The van der Waals surface area contributed by atoms with E-state index < -0.39 is 0 Å². The summed E-state index contributed by atoms with van der Waals surface area (Å²) < 4.78 is 2.20. The fourth-order valence-corrected chi connectivity index (χ4v) is 4.05. The number of amides is 1. The van der Waals surface area contributed by atoms with Gasteiger partial charge in [0.15, 0.2) is 0 Å². The predicted molar refractivity (Wildman–Crippen MR) is 88.4 cm³/mol. The molecule has 4 heteroatoms. The Balaban J connectivity index is 1.76. The fraction of sp³-hybridized carbons (Fsp3) is 0.722. The maximum atomic E-state index is 12.5. The molecule has 1 amide bonds. The van der Waals surface area contributed by atoms with E-state index in [4.69, 9.17) is 0 Å². The number of rotatable bonds is 2. The Kier molecular flexibility index (Phi) is 5.19. The SMILES string of the molecule is Cn1cccc1CN1CCCCCCNC(=O)[C@@H]2CCC[C@@H]21. The van der Waals surface area contributed by atoms with Gasteiger partial charge in [-0.25, -0.2) is 0 Å². The van der Waals surface area contributed by atoms with Gasteiger partial charge in [-0.3, -0.25) is 9.69 Å². The quantitative estimate of drug-likeness (QED) is 0.912. The summed E-state index contributed by atoms with van der Waals surface area (Å²) >= 11 is 0. The van der Waals surface area contributed by atoms with Gasteiger partial charge >= 0.3 is 0 Å². The molecule has 1 aromatic rings. The van der Waals surface area contributed by atoms with Crippen molar-refractivity contribution >= 4 is 5.91 Å². The molecule has 22 heavy (non-hydrogen) atoms. The van der Waals surface area contributed by atoms with Gasteiger partial charge in [-0.05, 0) is 44.4 Å². The van der Waals surface area contributed by atoms with Crippen molar-refractivity contribution in [1.29, 1.82) is 0 Å². The highest BCUT2D eigenvalue weighted by molar-refractivity contribution is 5.79. The Morgan fingerprint density at radius 1 is 1.18 bits per heavy atom. The molecule has 3 rings (SSSR count). The van der Waals surface area contributed by atoms with Crippen LogP contribution in [0.25, 0.3) is 0 Å². The largest absolute Gasteiger partial charge is 0.356 e. The molecule has 122 valence electrons. The van der Waals surface area contributed by atoms with Crippen LogP contribution >= 0.6 is 0 Å². The van der Waals surface area contributed by atoms with E-state index in [9.17, 15) is 4.79 Å². The molecule has 0 spiro atoms. The molecule has 0 radical (unpaired) electrons. The van der Waals surface area contributed by atoms with Gasteiger partial charge in [-0.2, -0.15) is 0 Å². The molecule has 0 unspecified atom stereocenters. The first-order valence-corrected chi connectivity index (χ1v) is 8.87. The third-order valence-electron chi connectivity index (χ3n) is 5.37. The van der Waals surface area contributed by atoms with Gasteiger partial charge in [0.05, 0.1) is 5.92 Å². The second-order valence-electron chi connectivity index (χ2n) is 6.89. The molecule has 0 aromatic carbocycles. The predicted octanol–water partition coefficient (Wildman–Crippen LogP) is 2.69. The standard InChI is InChI=1S/C18H29N3O/c1-20-12-7-8-15(20)14-21-13-5-3-2-4-11-19-18(22)16-9-6-10-17(16)21/h7-8,12,16-17H,2-6,9-11,13-14H2,1H3,(H,19,22)/t16-,17+/m1/s1. The summed E-state index contributed by atoms with van der Waals surface area (Å²) in [5, 5.41) is 3.17. The van der Waals surface area contributed by atoms with Crippen molar-refractivity contribution in [3.63, 3.8) is 0 Å². The van der Waals surface area contributed by atoms with Crippen LogP contribution in [0.3, 0.4) is 0 Å². The Morgan fingerprint density at radius 2 is 2.05 bits per heavy atom. The van der Waals surface area contributed by atoms with Crippen LogP contribution in [0.15, 0.2) is 18.3 Å². The molecule has 1 aromatic heterocycles. The zero-order chi connectivity index (χ0) is 15.4. The van der Waals surface area contributed by atoms with Crippen LogP contribution in [0, 0.1) is 5.92 Å². The lowest BCUT2D eigenvalue weighted by Crippen LogP contribution is -2.44. The summed E-state index contributed by atoms with van der Waals surface area (Å²) in [6.07, 6.45) is 10.4. The zero-order valence-corrected chi connectivity index (χ0v) is 13.8.